The van der Waals surface area contributed by atoms with Gasteiger partial charge in [-0.2, -0.15) is 0 Å². The van der Waals surface area contributed by atoms with Crippen molar-refractivity contribution in [1.82, 2.24) is 4.90 Å². The lowest BCUT2D eigenvalue weighted by Gasteiger charge is -2.23. The van der Waals surface area contributed by atoms with Gasteiger partial charge in [0.15, 0.2) is 0 Å². The average Bonchev–Trinajstić information content (AvgIpc) is 2.65. The van der Waals surface area contributed by atoms with Crippen LogP contribution in [0.5, 0.6) is 0 Å². The Labute approximate surface area is 84.4 Å². The van der Waals surface area contributed by atoms with Crippen LogP contribution >= 0.6 is 0 Å². The van der Waals surface area contributed by atoms with Gasteiger partial charge in [0.05, 0.1) is 6.10 Å². The molecular weight excluding hydrogens is 178 g/mol. The molecule has 2 rings (SSSR count). The van der Waals surface area contributed by atoms with Gasteiger partial charge in [-0.3, -0.25) is 4.79 Å². The van der Waals surface area contributed by atoms with Crippen LogP contribution in [0.4, 0.5) is 0 Å². The number of carbonyl (C=O) groups is 1. The summed E-state index contributed by atoms with van der Waals surface area (Å²) in [7, 11) is 0. The molecule has 0 spiro atoms. The van der Waals surface area contributed by atoms with E-state index in [0.717, 1.165) is 32.2 Å². The quantitative estimate of drug-likeness (QED) is 0.632. The largest absolute Gasteiger partial charge is 0.391 e. The summed E-state index contributed by atoms with van der Waals surface area (Å²) in [4.78, 5) is 13.7. The van der Waals surface area contributed by atoms with Crippen LogP contribution in [-0.4, -0.2) is 35.1 Å². The Bertz CT molecular complexity index is 250. The van der Waals surface area contributed by atoms with Gasteiger partial charge < -0.3 is 10.0 Å². The minimum Gasteiger partial charge on any atom is -0.391 e. The summed E-state index contributed by atoms with van der Waals surface area (Å²) in [5.41, 5.74) is 0. The van der Waals surface area contributed by atoms with E-state index in [1.54, 1.807) is 0 Å². The van der Waals surface area contributed by atoms with Gasteiger partial charge in [-0.25, -0.2) is 0 Å². The van der Waals surface area contributed by atoms with Gasteiger partial charge in [-0.1, -0.05) is 12.2 Å². The summed E-state index contributed by atoms with van der Waals surface area (Å²) in [5.74, 6) is 0.413. The molecule has 1 N–H and O–H groups in total. The number of amides is 1. The number of likely N-dealkylation sites (tertiary alicyclic amines) is 1. The number of rotatable bonds is 1. The van der Waals surface area contributed by atoms with Crippen LogP contribution in [0.3, 0.4) is 0 Å². The highest BCUT2D eigenvalue weighted by Crippen LogP contribution is 2.22. The third-order valence-electron chi connectivity index (χ3n) is 3.09. The van der Waals surface area contributed by atoms with Crippen molar-refractivity contribution < 1.29 is 9.90 Å². The van der Waals surface area contributed by atoms with E-state index in [1.807, 2.05) is 4.90 Å². The first-order chi connectivity index (χ1) is 6.77. The summed E-state index contributed by atoms with van der Waals surface area (Å²) >= 11 is 0. The van der Waals surface area contributed by atoms with E-state index in [0.29, 0.717) is 6.54 Å². The van der Waals surface area contributed by atoms with Crippen molar-refractivity contribution in [2.24, 2.45) is 5.92 Å². The van der Waals surface area contributed by atoms with Crippen LogP contribution in [0.1, 0.15) is 25.7 Å². The van der Waals surface area contributed by atoms with Gasteiger partial charge in [-0.15, -0.1) is 0 Å². The molecule has 0 saturated carbocycles. The second kappa shape index (κ2) is 4.13. The second-order valence-corrected chi connectivity index (χ2v) is 4.21. The van der Waals surface area contributed by atoms with Crippen LogP contribution in [0.2, 0.25) is 0 Å². The van der Waals surface area contributed by atoms with Crippen LogP contribution < -0.4 is 0 Å². The molecule has 1 heterocycles. The molecule has 1 aliphatic carbocycles. The third-order valence-corrected chi connectivity index (χ3v) is 3.09. The fourth-order valence-corrected chi connectivity index (χ4v) is 2.22. The second-order valence-electron chi connectivity index (χ2n) is 4.21. The topological polar surface area (TPSA) is 40.5 Å². The summed E-state index contributed by atoms with van der Waals surface area (Å²) in [6, 6.07) is 0. The molecule has 0 unspecified atom stereocenters. The predicted octanol–water partition coefficient (Wildman–Crippen LogP) is 0.936. The highest BCUT2D eigenvalue weighted by atomic mass is 16.3. The number of hydrogen-bond acceptors (Lipinski definition) is 2. The van der Waals surface area contributed by atoms with Crippen molar-refractivity contribution in [3.63, 3.8) is 0 Å². The van der Waals surface area contributed by atoms with Gasteiger partial charge in [-0.05, 0) is 25.7 Å². The van der Waals surface area contributed by atoms with E-state index in [4.69, 9.17) is 0 Å². The molecule has 2 aliphatic rings. The van der Waals surface area contributed by atoms with Crippen LogP contribution in [0.25, 0.3) is 0 Å². The highest BCUT2D eigenvalue weighted by Gasteiger charge is 2.29. The van der Waals surface area contributed by atoms with E-state index in [1.165, 1.54) is 0 Å². The average molecular weight is 195 g/mol. The van der Waals surface area contributed by atoms with E-state index >= 15 is 0 Å². The fraction of sp³-hybridized carbons (Fsp3) is 0.727. The molecule has 0 aromatic heterocycles. The minimum absolute atomic E-state index is 0.172. The van der Waals surface area contributed by atoms with Gasteiger partial charge in [0.25, 0.3) is 0 Å². The zero-order valence-corrected chi connectivity index (χ0v) is 8.35. The molecule has 78 valence electrons. The fourth-order valence-electron chi connectivity index (χ4n) is 2.22. The van der Waals surface area contributed by atoms with Crippen molar-refractivity contribution in [1.29, 1.82) is 0 Å². The maximum absolute atomic E-state index is 11.9. The smallest absolute Gasteiger partial charge is 0.226 e. The lowest BCUT2D eigenvalue weighted by Crippen LogP contribution is -2.35. The first-order valence-electron chi connectivity index (χ1n) is 5.39. The Morgan fingerprint density at radius 1 is 1.36 bits per heavy atom. The number of aliphatic hydroxyl groups excluding tert-OH is 1. The van der Waals surface area contributed by atoms with E-state index in [2.05, 4.69) is 12.2 Å². The summed E-state index contributed by atoms with van der Waals surface area (Å²) in [6.07, 6.45) is 7.56. The maximum atomic E-state index is 11.9. The Morgan fingerprint density at radius 3 is 2.79 bits per heavy atom. The molecule has 2 atom stereocenters. The lowest BCUT2D eigenvalue weighted by molar-refractivity contribution is -0.135. The molecule has 0 radical (unpaired) electrons. The summed E-state index contributed by atoms with van der Waals surface area (Å²) < 4.78 is 0. The van der Waals surface area contributed by atoms with Crippen LogP contribution in [0, 0.1) is 5.92 Å². The van der Waals surface area contributed by atoms with E-state index in [9.17, 15) is 9.90 Å². The van der Waals surface area contributed by atoms with Crippen molar-refractivity contribution in [3.8, 4) is 0 Å². The summed E-state index contributed by atoms with van der Waals surface area (Å²) in [6.45, 7) is 1.28. The van der Waals surface area contributed by atoms with E-state index < -0.39 is 0 Å². The molecule has 1 saturated heterocycles. The maximum Gasteiger partial charge on any atom is 0.226 e. The molecule has 0 aromatic carbocycles. The van der Waals surface area contributed by atoms with Gasteiger partial charge in [0.2, 0.25) is 5.91 Å². The van der Waals surface area contributed by atoms with Crippen LogP contribution in [-0.2, 0) is 4.79 Å². The molecular formula is C11H17NO2. The Kier molecular flexibility index (Phi) is 2.87. The molecule has 3 heteroatoms. The number of aliphatic hydroxyl groups is 1. The Balaban J connectivity index is 1.91. The number of carbonyl (C=O) groups excluding carboxylic acids is 1. The van der Waals surface area contributed by atoms with Crippen molar-refractivity contribution in [2.75, 3.05) is 13.1 Å². The normalized spacial score (nSPS) is 32.2. The number of hydrogen-bond donors (Lipinski definition) is 1. The van der Waals surface area contributed by atoms with Crippen molar-refractivity contribution in [3.05, 3.63) is 12.2 Å². The predicted molar refractivity (Wildman–Crippen MR) is 53.7 cm³/mol. The van der Waals surface area contributed by atoms with Crippen LogP contribution in [0.15, 0.2) is 12.2 Å². The minimum atomic E-state index is -0.293. The third kappa shape index (κ3) is 1.98. The number of allylic oxidation sites excluding steroid dienone is 2. The molecule has 3 nitrogen and oxygen atoms in total. The zero-order chi connectivity index (χ0) is 9.97. The lowest BCUT2D eigenvalue weighted by atomic mass is 9.93. The first-order valence-corrected chi connectivity index (χ1v) is 5.39. The summed E-state index contributed by atoms with van der Waals surface area (Å²) in [5, 5.41) is 9.34. The first kappa shape index (κ1) is 9.71. The molecule has 1 fully saturated rings. The Hall–Kier alpha value is -0.830. The molecule has 0 aromatic rings. The van der Waals surface area contributed by atoms with E-state index in [-0.39, 0.29) is 17.9 Å². The molecule has 1 amide bonds. The van der Waals surface area contributed by atoms with Crippen molar-refractivity contribution >= 4 is 5.91 Å². The molecule has 14 heavy (non-hydrogen) atoms. The van der Waals surface area contributed by atoms with Crippen molar-refractivity contribution in [2.45, 2.75) is 31.8 Å². The molecule has 1 aliphatic heterocycles. The zero-order valence-electron chi connectivity index (χ0n) is 8.35. The van der Waals surface area contributed by atoms with Gasteiger partial charge >= 0.3 is 0 Å². The van der Waals surface area contributed by atoms with Gasteiger partial charge in [0.1, 0.15) is 0 Å². The number of β-amino-alcohol motifs (C(OH)–C–C–N with tert-alkyl or cyclic N) is 1. The standard InChI is InChI=1S/C11H17NO2/c13-10-6-7-12(8-10)11(14)9-4-2-1-3-5-9/h1-2,9-10,13H,3-8H2/t9-,10+/m1/s1. The highest BCUT2D eigenvalue weighted by molar-refractivity contribution is 5.79. The van der Waals surface area contributed by atoms with Gasteiger partial charge in [0, 0.05) is 19.0 Å². The SMILES string of the molecule is O=C([C@@H]1CC=CCC1)N1CC[C@H](O)C1. The Morgan fingerprint density at radius 2 is 2.21 bits per heavy atom. The molecule has 0 bridgehead atoms. The number of nitrogens with zero attached hydrogens (tertiary/aromatic N) is 1. The monoisotopic (exact) mass is 195 g/mol.